The monoisotopic (exact) mass is 389 g/mol. The van der Waals surface area contributed by atoms with E-state index < -0.39 is 6.15 Å². The summed E-state index contributed by atoms with van der Waals surface area (Å²) < 4.78 is 0. The summed E-state index contributed by atoms with van der Waals surface area (Å²) >= 11 is 4.35. The molecule has 2 heteroatoms. The van der Waals surface area contributed by atoms with Crippen molar-refractivity contribution in [3.8, 4) is 11.7 Å². The summed E-state index contributed by atoms with van der Waals surface area (Å²) in [5.41, 5.74) is 5.90. The van der Waals surface area contributed by atoms with Gasteiger partial charge in [-0.3, -0.25) is 5.82 Å². The van der Waals surface area contributed by atoms with Crippen molar-refractivity contribution in [2.45, 2.75) is 5.75 Å². The van der Waals surface area contributed by atoms with E-state index in [1.807, 2.05) is 0 Å². The second kappa shape index (κ2) is 8.90. The first-order chi connectivity index (χ1) is 14.3. The lowest BCUT2D eigenvalue weighted by atomic mass is 9.16. The molecule has 4 aromatic carbocycles. The highest BCUT2D eigenvalue weighted by molar-refractivity contribution is 7.79. The topological polar surface area (TPSA) is 0 Å². The predicted molar refractivity (Wildman–Crippen MR) is 130 cm³/mol. The number of rotatable bonds is 4. The molecule has 140 valence electrons. The first-order valence-corrected chi connectivity index (χ1v) is 10.5. The van der Waals surface area contributed by atoms with Crippen LogP contribution < -0.4 is 16.4 Å². The fraction of sp³-hybridized carbons (Fsp3) is 0.0370. The second-order valence-electron chi connectivity index (χ2n) is 7.22. The Morgan fingerprint density at radius 2 is 0.966 bits per heavy atom. The minimum Gasteiger partial charge on any atom is -0.292 e. The Hall–Kier alpha value is -3.15. The van der Waals surface area contributed by atoms with Crippen molar-refractivity contribution >= 4 is 35.2 Å². The van der Waals surface area contributed by atoms with Crippen LogP contribution in [-0.4, -0.2) is 6.15 Å². The van der Waals surface area contributed by atoms with E-state index in [0.717, 1.165) is 11.3 Å². The Morgan fingerprint density at radius 3 is 1.34 bits per heavy atom. The van der Waals surface area contributed by atoms with Gasteiger partial charge in [0.1, 0.15) is 6.15 Å². The Labute approximate surface area is 179 Å². The number of hydrogen-bond donors (Lipinski definition) is 1. The average Bonchev–Trinajstić information content (AvgIpc) is 2.82. The summed E-state index contributed by atoms with van der Waals surface area (Å²) in [5.74, 6) is 7.95. The molecule has 0 saturated heterocycles. The van der Waals surface area contributed by atoms with E-state index in [-0.39, 0.29) is 0 Å². The molecule has 0 amide bonds. The lowest BCUT2D eigenvalue weighted by Crippen LogP contribution is -2.66. The first kappa shape index (κ1) is 19.2. The van der Waals surface area contributed by atoms with Crippen molar-refractivity contribution in [1.29, 1.82) is 0 Å². The third kappa shape index (κ3) is 4.02. The molecule has 0 bridgehead atoms. The fourth-order valence-electron chi connectivity index (χ4n) is 3.94. The largest absolute Gasteiger partial charge is 0.292 e. The van der Waals surface area contributed by atoms with Gasteiger partial charge in [0, 0.05) is 11.3 Å². The highest BCUT2D eigenvalue weighted by Crippen LogP contribution is 2.09. The molecule has 29 heavy (non-hydrogen) atoms. The van der Waals surface area contributed by atoms with Gasteiger partial charge in [0.2, 0.25) is 0 Å². The normalized spacial score (nSPS) is 10.8. The summed E-state index contributed by atoms with van der Waals surface area (Å²) in [4.78, 5) is 0. The van der Waals surface area contributed by atoms with Crippen LogP contribution >= 0.6 is 12.6 Å². The van der Waals surface area contributed by atoms with Crippen LogP contribution in [0.3, 0.4) is 0 Å². The third-order valence-corrected chi connectivity index (χ3v) is 5.83. The van der Waals surface area contributed by atoms with Gasteiger partial charge in [0.25, 0.3) is 0 Å². The van der Waals surface area contributed by atoms with Crippen LogP contribution in [0.25, 0.3) is 0 Å². The minimum absolute atomic E-state index is 0.736. The smallest absolute Gasteiger partial charge is 0.149 e. The van der Waals surface area contributed by atoms with Gasteiger partial charge in [-0.1, -0.05) is 103 Å². The summed E-state index contributed by atoms with van der Waals surface area (Å²) in [6.45, 7) is 0. The van der Waals surface area contributed by atoms with E-state index >= 15 is 0 Å². The van der Waals surface area contributed by atoms with Gasteiger partial charge in [-0.25, -0.2) is 0 Å². The second-order valence-corrected chi connectivity index (χ2v) is 7.54. The van der Waals surface area contributed by atoms with Crippen LogP contribution in [0.4, 0.5) is 0 Å². The molecule has 4 rings (SSSR count). The number of hydrogen-bond acceptors (Lipinski definition) is 1. The van der Waals surface area contributed by atoms with Crippen LogP contribution in [0, 0.1) is 11.7 Å². The zero-order chi connectivity index (χ0) is 19.9. The number of thiol groups is 1. The van der Waals surface area contributed by atoms with E-state index in [1.54, 1.807) is 0 Å². The highest BCUT2D eigenvalue weighted by Gasteiger charge is 2.27. The Kier molecular flexibility index (Phi) is 5.89. The van der Waals surface area contributed by atoms with Crippen LogP contribution in [-0.2, 0) is 5.75 Å². The average molecular weight is 389 g/mol. The van der Waals surface area contributed by atoms with E-state index in [0.29, 0.717) is 0 Å². The quantitative estimate of drug-likeness (QED) is 0.302. The molecule has 0 aliphatic carbocycles. The molecule has 0 aliphatic heterocycles. The summed E-state index contributed by atoms with van der Waals surface area (Å²) in [6, 6.07) is 40.3. The highest BCUT2D eigenvalue weighted by atomic mass is 32.1. The molecular weight excluding hydrogens is 367 g/mol. The zero-order valence-corrected chi connectivity index (χ0v) is 17.1. The Balaban J connectivity index is 1.97. The van der Waals surface area contributed by atoms with Gasteiger partial charge >= 0.3 is 0 Å². The third-order valence-electron chi connectivity index (χ3n) is 5.47. The Bertz CT molecular complexity index is 1010. The van der Waals surface area contributed by atoms with Crippen LogP contribution in [0.5, 0.6) is 0 Å². The van der Waals surface area contributed by atoms with Crippen molar-refractivity contribution in [2.24, 2.45) is 0 Å². The molecule has 0 spiro atoms. The van der Waals surface area contributed by atoms with E-state index in [4.69, 9.17) is 0 Å². The maximum absolute atomic E-state index is 4.35. The number of benzene rings is 4. The lowest BCUT2D eigenvalue weighted by molar-refractivity contribution is 1.42. The SMILES string of the molecule is SCc1ccc(C#C[B-](c2ccccc2)(c2ccccc2)c2ccccc2)cc1. The molecule has 0 unspecified atom stereocenters. The van der Waals surface area contributed by atoms with Crippen LogP contribution in [0.2, 0.25) is 0 Å². The molecule has 0 nitrogen and oxygen atoms in total. The molecule has 4 aromatic rings. The molecular formula is C27H22BS-. The van der Waals surface area contributed by atoms with Gasteiger partial charge in [0.15, 0.2) is 0 Å². The lowest BCUT2D eigenvalue weighted by Gasteiger charge is -2.38. The van der Waals surface area contributed by atoms with E-state index in [1.165, 1.54) is 22.0 Å². The zero-order valence-electron chi connectivity index (χ0n) is 16.2. The Morgan fingerprint density at radius 1 is 0.552 bits per heavy atom. The van der Waals surface area contributed by atoms with E-state index in [2.05, 4.69) is 140 Å². The molecule has 0 N–H and O–H groups in total. The molecule has 0 saturated carbocycles. The molecule has 0 radical (unpaired) electrons. The predicted octanol–water partition coefficient (Wildman–Crippen LogP) is 4.18. The summed E-state index contributed by atoms with van der Waals surface area (Å²) in [7, 11) is 0. The van der Waals surface area contributed by atoms with Crippen molar-refractivity contribution < 1.29 is 0 Å². The maximum Gasteiger partial charge on any atom is 0.149 e. The van der Waals surface area contributed by atoms with Crippen LogP contribution in [0.1, 0.15) is 11.1 Å². The standard InChI is InChI=1S/C27H22BS/c29-22-24-18-16-23(17-19-24)20-21-28(25-10-4-1-5-11-25,26-12-6-2-7-13-26)27-14-8-3-9-15-27/h1-19,29H,22H2/q-1. The minimum atomic E-state index is -1.43. The van der Waals surface area contributed by atoms with Gasteiger partial charge in [-0.15, -0.1) is 5.92 Å². The molecule has 0 fully saturated rings. The molecule has 0 atom stereocenters. The van der Waals surface area contributed by atoms with Gasteiger partial charge in [0.05, 0.1) is 0 Å². The summed E-state index contributed by atoms with van der Waals surface area (Å²) in [6.07, 6.45) is -1.43. The van der Waals surface area contributed by atoms with Gasteiger partial charge in [-0.05, 0) is 17.7 Å². The fourth-order valence-corrected chi connectivity index (χ4v) is 4.15. The van der Waals surface area contributed by atoms with E-state index in [9.17, 15) is 0 Å². The van der Waals surface area contributed by atoms with Crippen molar-refractivity contribution in [1.82, 2.24) is 0 Å². The van der Waals surface area contributed by atoms with Crippen molar-refractivity contribution in [3.63, 3.8) is 0 Å². The summed E-state index contributed by atoms with van der Waals surface area (Å²) in [5, 5.41) is 0. The molecule has 0 aliphatic rings. The van der Waals surface area contributed by atoms with Crippen molar-refractivity contribution in [3.05, 3.63) is 126 Å². The first-order valence-electron chi connectivity index (χ1n) is 9.88. The van der Waals surface area contributed by atoms with Gasteiger partial charge < -0.3 is 0 Å². The van der Waals surface area contributed by atoms with Crippen molar-refractivity contribution in [2.75, 3.05) is 0 Å². The molecule has 0 aromatic heterocycles. The van der Waals surface area contributed by atoms with Gasteiger partial charge in [-0.2, -0.15) is 29.0 Å². The maximum atomic E-state index is 4.35. The van der Waals surface area contributed by atoms with Crippen LogP contribution in [0.15, 0.2) is 115 Å². The molecule has 0 heterocycles.